The van der Waals surface area contributed by atoms with E-state index < -0.39 is 0 Å². The molecule has 0 radical (unpaired) electrons. The standard InChI is InChI=1S/C20H20ClN3O/c1-2-5-14(6-3-10-21)17-18-16(7-4-11-22-18)24-13-12-23(15-8-9-15)20(25)19(17)24/h2-7,11,15H,1,8-10,12-13H2/b6-3-,14-5+. The van der Waals surface area contributed by atoms with Crippen molar-refractivity contribution in [3.8, 4) is 0 Å². The molecule has 4 rings (SSSR count). The van der Waals surface area contributed by atoms with Crippen LogP contribution in [0.15, 0.2) is 49.2 Å². The lowest BCUT2D eigenvalue weighted by atomic mass is 10.0. The van der Waals surface area contributed by atoms with Crippen LogP contribution in [0.3, 0.4) is 0 Å². The van der Waals surface area contributed by atoms with Crippen LogP contribution in [0.4, 0.5) is 0 Å². The van der Waals surface area contributed by atoms with Crippen molar-refractivity contribution >= 4 is 34.1 Å². The molecule has 5 heteroatoms. The summed E-state index contributed by atoms with van der Waals surface area (Å²) >= 11 is 5.83. The van der Waals surface area contributed by atoms with Gasteiger partial charge in [-0.1, -0.05) is 30.9 Å². The minimum absolute atomic E-state index is 0.107. The van der Waals surface area contributed by atoms with Crippen molar-refractivity contribution < 1.29 is 4.79 Å². The van der Waals surface area contributed by atoms with Crippen molar-refractivity contribution in [2.45, 2.75) is 25.4 Å². The minimum atomic E-state index is 0.107. The zero-order valence-electron chi connectivity index (χ0n) is 14.0. The molecule has 1 fully saturated rings. The van der Waals surface area contributed by atoms with E-state index in [0.717, 1.165) is 53.8 Å². The Kier molecular flexibility index (Phi) is 4.22. The van der Waals surface area contributed by atoms with Crippen molar-refractivity contribution in [2.24, 2.45) is 0 Å². The lowest BCUT2D eigenvalue weighted by molar-refractivity contribution is 0.0692. The number of aromatic nitrogens is 2. The maximum absolute atomic E-state index is 13.2. The van der Waals surface area contributed by atoms with Gasteiger partial charge in [0.15, 0.2) is 0 Å². The lowest BCUT2D eigenvalue weighted by Crippen LogP contribution is -2.41. The highest BCUT2D eigenvalue weighted by Crippen LogP contribution is 2.37. The molecular formula is C20H20ClN3O. The summed E-state index contributed by atoms with van der Waals surface area (Å²) < 4.78 is 2.12. The minimum Gasteiger partial charge on any atom is -0.333 e. The number of alkyl halides is 1. The predicted octanol–water partition coefficient (Wildman–Crippen LogP) is 4.02. The molecule has 2 aromatic heterocycles. The summed E-state index contributed by atoms with van der Waals surface area (Å²) in [5.74, 6) is 0.522. The first-order valence-electron chi connectivity index (χ1n) is 8.60. The zero-order valence-corrected chi connectivity index (χ0v) is 14.7. The number of carbonyl (C=O) groups excluding carboxylic acids is 1. The van der Waals surface area contributed by atoms with Crippen LogP contribution in [-0.4, -0.2) is 38.8 Å². The monoisotopic (exact) mass is 353 g/mol. The molecule has 1 aliphatic carbocycles. The zero-order chi connectivity index (χ0) is 17.4. The van der Waals surface area contributed by atoms with Gasteiger partial charge in [0.2, 0.25) is 0 Å². The fourth-order valence-electron chi connectivity index (χ4n) is 3.60. The Bertz CT molecular complexity index is 905. The molecule has 2 aliphatic rings. The maximum atomic E-state index is 13.2. The first kappa shape index (κ1) is 16.2. The van der Waals surface area contributed by atoms with E-state index in [1.807, 2.05) is 35.3 Å². The number of rotatable bonds is 5. The molecule has 1 saturated carbocycles. The molecule has 1 aliphatic heterocycles. The number of allylic oxidation sites excluding steroid dienone is 5. The Balaban J connectivity index is 1.96. The van der Waals surface area contributed by atoms with E-state index in [9.17, 15) is 4.79 Å². The van der Waals surface area contributed by atoms with Crippen LogP contribution in [0.25, 0.3) is 16.6 Å². The van der Waals surface area contributed by atoms with Crippen molar-refractivity contribution in [1.82, 2.24) is 14.5 Å². The van der Waals surface area contributed by atoms with E-state index in [2.05, 4.69) is 16.1 Å². The topological polar surface area (TPSA) is 38.1 Å². The summed E-state index contributed by atoms with van der Waals surface area (Å²) in [6.07, 6.45) is 11.5. The number of amides is 1. The highest BCUT2D eigenvalue weighted by Gasteiger charge is 2.39. The van der Waals surface area contributed by atoms with E-state index in [-0.39, 0.29) is 5.91 Å². The molecule has 0 N–H and O–H groups in total. The second-order valence-corrected chi connectivity index (χ2v) is 6.70. The van der Waals surface area contributed by atoms with Crippen LogP contribution < -0.4 is 0 Å². The molecular weight excluding hydrogens is 334 g/mol. The number of nitrogens with zero attached hydrogens (tertiary/aromatic N) is 3. The van der Waals surface area contributed by atoms with Gasteiger partial charge in [-0.15, -0.1) is 11.6 Å². The van der Waals surface area contributed by atoms with Gasteiger partial charge in [-0.2, -0.15) is 0 Å². The number of hydrogen-bond acceptors (Lipinski definition) is 2. The Morgan fingerprint density at radius 3 is 2.96 bits per heavy atom. The number of fused-ring (bicyclic) bond motifs is 3. The Labute approximate surface area is 152 Å². The molecule has 1 amide bonds. The highest BCUT2D eigenvalue weighted by molar-refractivity contribution is 6.19. The van der Waals surface area contributed by atoms with Gasteiger partial charge >= 0.3 is 0 Å². The van der Waals surface area contributed by atoms with E-state index in [1.54, 1.807) is 12.3 Å². The van der Waals surface area contributed by atoms with Gasteiger partial charge in [0.1, 0.15) is 5.69 Å². The third-order valence-electron chi connectivity index (χ3n) is 4.81. The normalized spacial score (nSPS) is 18.2. The molecule has 0 atom stereocenters. The molecule has 25 heavy (non-hydrogen) atoms. The van der Waals surface area contributed by atoms with Crippen LogP contribution in [0.5, 0.6) is 0 Å². The number of halogens is 1. The largest absolute Gasteiger partial charge is 0.333 e. The van der Waals surface area contributed by atoms with E-state index >= 15 is 0 Å². The van der Waals surface area contributed by atoms with Crippen LogP contribution in [0, 0.1) is 0 Å². The summed E-state index contributed by atoms with van der Waals surface area (Å²) in [6, 6.07) is 4.36. The van der Waals surface area contributed by atoms with Gasteiger partial charge in [-0.25, -0.2) is 0 Å². The SMILES string of the molecule is C=C/C=C(\C=C/CCl)c1c2n(c3cccnc13)CCN(C1CC1)C2=O. The molecule has 0 saturated heterocycles. The second-order valence-electron chi connectivity index (χ2n) is 6.39. The molecule has 2 aromatic rings. The van der Waals surface area contributed by atoms with Crippen molar-refractivity contribution in [3.05, 3.63) is 60.5 Å². The Morgan fingerprint density at radius 1 is 1.40 bits per heavy atom. The Hall–Kier alpha value is -2.33. The molecule has 0 spiro atoms. The number of hydrogen-bond donors (Lipinski definition) is 0. The fourth-order valence-corrected chi connectivity index (χ4v) is 3.69. The van der Waals surface area contributed by atoms with Gasteiger partial charge in [-0.05, 0) is 30.5 Å². The third-order valence-corrected chi connectivity index (χ3v) is 4.99. The van der Waals surface area contributed by atoms with E-state index in [1.165, 1.54) is 0 Å². The van der Waals surface area contributed by atoms with Crippen LogP contribution in [0.1, 0.15) is 28.9 Å². The molecule has 0 bridgehead atoms. The van der Waals surface area contributed by atoms with Gasteiger partial charge in [-0.3, -0.25) is 9.78 Å². The smallest absolute Gasteiger partial charge is 0.271 e. The molecule has 4 nitrogen and oxygen atoms in total. The quantitative estimate of drug-likeness (QED) is 0.601. The highest BCUT2D eigenvalue weighted by atomic mass is 35.5. The average Bonchev–Trinajstić information content (AvgIpc) is 3.41. The first-order valence-corrected chi connectivity index (χ1v) is 9.13. The van der Waals surface area contributed by atoms with Gasteiger partial charge < -0.3 is 9.47 Å². The van der Waals surface area contributed by atoms with E-state index in [0.29, 0.717) is 11.9 Å². The second kappa shape index (κ2) is 6.52. The lowest BCUT2D eigenvalue weighted by Gasteiger charge is -2.29. The Morgan fingerprint density at radius 2 is 2.24 bits per heavy atom. The molecule has 0 aromatic carbocycles. The summed E-state index contributed by atoms with van der Waals surface area (Å²) in [7, 11) is 0. The molecule has 0 unspecified atom stereocenters. The fraction of sp³-hybridized carbons (Fsp3) is 0.300. The third kappa shape index (κ3) is 2.71. The van der Waals surface area contributed by atoms with Crippen LogP contribution in [0.2, 0.25) is 0 Å². The summed E-state index contributed by atoms with van der Waals surface area (Å²) in [5.41, 5.74) is 4.40. The predicted molar refractivity (Wildman–Crippen MR) is 102 cm³/mol. The average molecular weight is 354 g/mol. The molecule has 128 valence electrons. The van der Waals surface area contributed by atoms with Crippen LogP contribution >= 0.6 is 11.6 Å². The number of pyridine rings is 1. The van der Waals surface area contributed by atoms with Gasteiger partial charge in [0.25, 0.3) is 5.91 Å². The summed E-state index contributed by atoms with van der Waals surface area (Å²) in [4.78, 5) is 19.9. The number of carbonyl (C=O) groups is 1. The molecule has 3 heterocycles. The maximum Gasteiger partial charge on any atom is 0.271 e. The van der Waals surface area contributed by atoms with Crippen molar-refractivity contribution in [1.29, 1.82) is 0 Å². The summed E-state index contributed by atoms with van der Waals surface area (Å²) in [6.45, 7) is 5.39. The van der Waals surface area contributed by atoms with Crippen molar-refractivity contribution in [2.75, 3.05) is 12.4 Å². The van der Waals surface area contributed by atoms with E-state index in [4.69, 9.17) is 11.6 Å². The summed E-state index contributed by atoms with van der Waals surface area (Å²) in [5, 5.41) is 0. The van der Waals surface area contributed by atoms with Gasteiger partial charge in [0, 0.05) is 36.8 Å². The first-order chi connectivity index (χ1) is 12.3. The van der Waals surface area contributed by atoms with Gasteiger partial charge in [0.05, 0.1) is 11.0 Å². The van der Waals surface area contributed by atoms with Crippen LogP contribution in [-0.2, 0) is 6.54 Å². The van der Waals surface area contributed by atoms with Crippen molar-refractivity contribution in [3.63, 3.8) is 0 Å².